The van der Waals surface area contributed by atoms with E-state index in [4.69, 9.17) is 4.74 Å². The van der Waals surface area contributed by atoms with Gasteiger partial charge in [0.1, 0.15) is 0 Å². The Hall–Kier alpha value is -0.860. The molecule has 1 heterocycles. The van der Waals surface area contributed by atoms with E-state index in [0.29, 0.717) is 6.04 Å². The monoisotopic (exact) mass is 285 g/mol. The quantitative estimate of drug-likeness (QED) is 0.842. The van der Waals surface area contributed by atoms with Gasteiger partial charge in [-0.05, 0) is 55.6 Å². The molecular weight excluding hydrogens is 258 g/mol. The molecule has 2 nitrogen and oxygen atoms in total. The van der Waals surface area contributed by atoms with Gasteiger partial charge in [-0.15, -0.1) is 0 Å². The van der Waals surface area contributed by atoms with Crippen LogP contribution >= 0.6 is 0 Å². The molecule has 1 saturated carbocycles. The van der Waals surface area contributed by atoms with Crippen molar-refractivity contribution in [1.82, 2.24) is 5.32 Å². The van der Waals surface area contributed by atoms with E-state index in [1.165, 1.54) is 56.1 Å². The molecule has 21 heavy (non-hydrogen) atoms. The number of ether oxygens (including phenoxy) is 1. The molecule has 114 valence electrons. The van der Waals surface area contributed by atoms with Crippen molar-refractivity contribution < 1.29 is 4.74 Å². The van der Waals surface area contributed by atoms with Crippen molar-refractivity contribution in [2.75, 3.05) is 6.54 Å². The minimum Gasteiger partial charge on any atom is -0.364 e. The zero-order valence-electron chi connectivity index (χ0n) is 13.1. The summed E-state index contributed by atoms with van der Waals surface area (Å²) in [5.41, 5.74) is 3.05. The van der Waals surface area contributed by atoms with Crippen LogP contribution in [-0.2, 0) is 11.2 Å². The molecule has 1 spiro atoms. The summed E-state index contributed by atoms with van der Waals surface area (Å²) in [4.78, 5) is 0. The van der Waals surface area contributed by atoms with E-state index in [9.17, 15) is 0 Å². The molecule has 2 heteroatoms. The van der Waals surface area contributed by atoms with E-state index in [0.717, 1.165) is 12.5 Å². The number of benzene rings is 1. The number of nitrogens with one attached hydrogen (secondary N) is 1. The molecule has 0 radical (unpaired) electrons. The lowest BCUT2D eigenvalue weighted by Crippen LogP contribution is -2.58. The van der Waals surface area contributed by atoms with E-state index >= 15 is 0 Å². The van der Waals surface area contributed by atoms with Gasteiger partial charge in [-0.2, -0.15) is 0 Å². The summed E-state index contributed by atoms with van der Waals surface area (Å²) in [7, 11) is 0. The molecule has 2 unspecified atom stereocenters. The lowest BCUT2D eigenvalue weighted by atomic mass is 9.75. The first-order chi connectivity index (χ1) is 10.3. The van der Waals surface area contributed by atoms with Gasteiger partial charge >= 0.3 is 0 Å². The van der Waals surface area contributed by atoms with Crippen molar-refractivity contribution in [2.24, 2.45) is 5.92 Å². The predicted octanol–water partition coefficient (Wildman–Crippen LogP) is 4.00. The maximum Gasteiger partial charge on any atom is 0.0988 e. The fourth-order valence-electron chi connectivity index (χ4n) is 4.61. The molecule has 1 saturated heterocycles. The van der Waals surface area contributed by atoms with Crippen LogP contribution in [0.15, 0.2) is 24.3 Å². The molecule has 1 N–H and O–H groups in total. The molecule has 1 aromatic carbocycles. The summed E-state index contributed by atoms with van der Waals surface area (Å²) >= 11 is 0. The Morgan fingerprint density at radius 1 is 1.19 bits per heavy atom. The van der Waals surface area contributed by atoms with Gasteiger partial charge in [-0.1, -0.05) is 37.6 Å². The minimum atomic E-state index is 0.108. The van der Waals surface area contributed by atoms with Crippen LogP contribution in [-0.4, -0.2) is 18.2 Å². The minimum absolute atomic E-state index is 0.108. The number of morpholine rings is 1. The van der Waals surface area contributed by atoms with Crippen molar-refractivity contribution in [2.45, 2.75) is 69.6 Å². The van der Waals surface area contributed by atoms with E-state index in [1.54, 1.807) is 0 Å². The van der Waals surface area contributed by atoms with E-state index in [-0.39, 0.29) is 11.7 Å². The Kier molecular flexibility index (Phi) is 3.55. The first kappa shape index (κ1) is 13.8. The summed E-state index contributed by atoms with van der Waals surface area (Å²) in [6, 6.07) is 9.42. The van der Waals surface area contributed by atoms with Gasteiger partial charge in [0.15, 0.2) is 0 Å². The normalized spacial score (nSPS) is 38.8. The molecule has 0 amide bonds. The standard InChI is InChI=1S/C19H27NO/c1-2-14-9-11-19(12-10-14)13-20-17-8-7-15-5-3-4-6-16(15)18(17)21-19/h3-6,14,17-18,20H,2,7-13H2,1H3. The number of aryl methyl sites for hydroxylation is 1. The Bertz CT molecular complexity index is 504. The highest BCUT2D eigenvalue weighted by molar-refractivity contribution is 5.33. The van der Waals surface area contributed by atoms with Gasteiger partial charge in [0.05, 0.1) is 11.7 Å². The van der Waals surface area contributed by atoms with Gasteiger partial charge in [-0.25, -0.2) is 0 Å². The molecule has 1 aromatic rings. The second kappa shape index (κ2) is 5.40. The van der Waals surface area contributed by atoms with Crippen molar-refractivity contribution in [3.8, 4) is 0 Å². The molecule has 4 rings (SSSR count). The van der Waals surface area contributed by atoms with Gasteiger partial charge in [-0.3, -0.25) is 0 Å². The first-order valence-electron chi connectivity index (χ1n) is 8.79. The van der Waals surface area contributed by atoms with Crippen LogP contribution in [0.4, 0.5) is 0 Å². The van der Waals surface area contributed by atoms with Crippen molar-refractivity contribution in [3.63, 3.8) is 0 Å². The largest absolute Gasteiger partial charge is 0.364 e. The van der Waals surface area contributed by atoms with Crippen LogP contribution in [0.3, 0.4) is 0 Å². The highest BCUT2D eigenvalue weighted by atomic mass is 16.5. The Balaban J connectivity index is 1.56. The van der Waals surface area contributed by atoms with Gasteiger partial charge < -0.3 is 10.1 Å². The maximum atomic E-state index is 6.78. The zero-order chi connectivity index (χ0) is 14.3. The summed E-state index contributed by atoms with van der Waals surface area (Å²) < 4.78 is 6.78. The lowest BCUT2D eigenvalue weighted by Gasteiger charge is -2.50. The fourth-order valence-corrected chi connectivity index (χ4v) is 4.61. The lowest BCUT2D eigenvalue weighted by molar-refractivity contribution is -0.161. The summed E-state index contributed by atoms with van der Waals surface area (Å²) in [6.45, 7) is 3.39. The molecule has 2 atom stereocenters. The predicted molar refractivity (Wildman–Crippen MR) is 85.4 cm³/mol. The number of hydrogen-bond donors (Lipinski definition) is 1. The smallest absolute Gasteiger partial charge is 0.0988 e. The van der Waals surface area contributed by atoms with E-state index in [1.807, 2.05) is 0 Å². The molecular formula is C19H27NO. The highest BCUT2D eigenvalue weighted by Crippen LogP contribution is 2.45. The molecule has 2 fully saturated rings. The van der Waals surface area contributed by atoms with Crippen LogP contribution < -0.4 is 5.32 Å². The Morgan fingerprint density at radius 3 is 2.81 bits per heavy atom. The van der Waals surface area contributed by atoms with Crippen molar-refractivity contribution >= 4 is 0 Å². The number of fused-ring (bicyclic) bond motifs is 3. The SMILES string of the molecule is CCC1CCC2(CC1)CNC1CCc3ccccc3C1O2. The van der Waals surface area contributed by atoms with Gasteiger partial charge in [0.25, 0.3) is 0 Å². The maximum absolute atomic E-state index is 6.78. The second-order valence-electron chi connectivity index (χ2n) is 7.30. The zero-order valence-corrected chi connectivity index (χ0v) is 13.1. The molecule has 2 aliphatic carbocycles. The Morgan fingerprint density at radius 2 is 2.00 bits per heavy atom. The van der Waals surface area contributed by atoms with Crippen LogP contribution in [0.25, 0.3) is 0 Å². The van der Waals surface area contributed by atoms with Crippen LogP contribution in [0.1, 0.15) is 62.7 Å². The molecule has 1 aliphatic heterocycles. The van der Waals surface area contributed by atoms with E-state index in [2.05, 4.69) is 36.5 Å². The Labute approximate surface area is 128 Å². The molecule has 0 bridgehead atoms. The van der Waals surface area contributed by atoms with Gasteiger partial charge in [0.2, 0.25) is 0 Å². The summed E-state index contributed by atoms with van der Waals surface area (Å²) in [6.07, 6.45) is 9.19. The highest BCUT2D eigenvalue weighted by Gasteiger charge is 2.45. The average Bonchev–Trinajstić information content (AvgIpc) is 2.55. The fraction of sp³-hybridized carbons (Fsp3) is 0.684. The third kappa shape index (κ3) is 2.43. The average molecular weight is 285 g/mol. The number of rotatable bonds is 1. The topological polar surface area (TPSA) is 21.3 Å². The van der Waals surface area contributed by atoms with Gasteiger partial charge in [0, 0.05) is 12.6 Å². The molecule has 3 aliphatic rings. The summed E-state index contributed by atoms with van der Waals surface area (Å²) in [5.74, 6) is 0.926. The van der Waals surface area contributed by atoms with E-state index < -0.39 is 0 Å². The molecule has 0 aromatic heterocycles. The summed E-state index contributed by atoms with van der Waals surface area (Å²) in [5, 5.41) is 3.83. The van der Waals surface area contributed by atoms with Crippen LogP contribution in [0.5, 0.6) is 0 Å². The van der Waals surface area contributed by atoms with Crippen molar-refractivity contribution in [3.05, 3.63) is 35.4 Å². The second-order valence-corrected chi connectivity index (χ2v) is 7.30. The van der Waals surface area contributed by atoms with Crippen LogP contribution in [0.2, 0.25) is 0 Å². The number of hydrogen-bond acceptors (Lipinski definition) is 2. The third-order valence-electron chi connectivity index (χ3n) is 6.11. The van der Waals surface area contributed by atoms with Crippen LogP contribution in [0, 0.1) is 5.92 Å². The third-order valence-corrected chi connectivity index (χ3v) is 6.11. The first-order valence-corrected chi connectivity index (χ1v) is 8.79. The van der Waals surface area contributed by atoms with Crippen molar-refractivity contribution in [1.29, 1.82) is 0 Å².